The number of anilines is 1. The lowest BCUT2D eigenvalue weighted by Gasteiger charge is -2.24. The lowest BCUT2D eigenvalue weighted by atomic mass is 10.0. The van der Waals surface area contributed by atoms with Crippen LogP contribution in [-0.4, -0.2) is 19.6 Å². The van der Waals surface area contributed by atoms with Crippen molar-refractivity contribution < 1.29 is 0 Å². The van der Waals surface area contributed by atoms with E-state index in [1.54, 1.807) is 5.56 Å². The molecule has 1 unspecified atom stereocenters. The molecule has 0 fully saturated rings. The number of hydrogen-bond acceptors (Lipinski definition) is 2. The molecule has 0 bridgehead atoms. The fraction of sp³-hybridized carbons (Fsp3) is 0.571. The van der Waals surface area contributed by atoms with Crippen LogP contribution < -0.4 is 10.6 Å². The van der Waals surface area contributed by atoms with E-state index in [2.05, 4.69) is 36.9 Å². The van der Waals surface area contributed by atoms with E-state index in [1.165, 1.54) is 24.1 Å². The van der Waals surface area contributed by atoms with Crippen LogP contribution in [0.2, 0.25) is 0 Å². The van der Waals surface area contributed by atoms with Gasteiger partial charge in [-0.3, -0.25) is 0 Å². The summed E-state index contributed by atoms with van der Waals surface area (Å²) in [6.07, 6.45) is 2.42. The van der Waals surface area contributed by atoms with Gasteiger partial charge in [-0.1, -0.05) is 12.1 Å². The normalized spacial score (nSPS) is 18.6. The Morgan fingerprint density at radius 3 is 2.69 bits per heavy atom. The molecule has 2 N–H and O–H groups in total. The predicted octanol–water partition coefficient (Wildman–Crippen LogP) is 2.52. The number of benzene rings is 1. The standard InChI is InChI=1S/C14H22N2/c1-3-16(4-2)14-7-5-6-12-11(10-15)8-9-13(12)14/h5-7,11H,3-4,8-10,15H2,1-2H3. The maximum absolute atomic E-state index is 5.83. The Morgan fingerprint density at radius 2 is 2.06 bits per heavy atom. The molecule has 0 heterocycles. The van der Waals surface area contributed by atoms with Crippen molar-refractivity contribution >= 4 is 5.69 Å². The molecule has 88 valence electrons. The number of hydrogen-bond donors (Lipinski definition) is 1. The third-order valence-electron chi connectivity index (χ3n) is 3.76. The van der Waals surface area contributed by atoms with Crippen LogP contribution in [0.25, 0.3) is 0 Å². The molecular weight excluding hydrogens is 196 g/mol. The molecule has 2 heteroatoms. The minimum Gasteiger partial charge on any atom is -0.372 e. The lowest BCUT2D eigenvalue weighted by Crippen LogP contribution is -2.23. The number of rotatable bonds is 4. The van der Waals surface area contributed by atoms with Gasteiger partial charge in [0.1, 0.15) is 0 Å². The van der Waals surface area contributed by atoms with E-state index in [4.69, 9.17) is 5.73 Å². The first kappa shape index (κ1) is 11.5. The molecule has 1 aromatic carbocycles. The number of nitrogens with zero attached hydrogens (tertiary/aromatic N) is 1. The van der Waals surface area contributed by atoms with Crippen LogP contribution in [0.5, 0.6) is 0 Å². The van der Waals surface area contributed by atoms with Crippen molar-refractivity contribution in [3.63, 3.8) is 0 Å². The summed E-state index contributed by atoms with van der Waals surface area (Å²) in [5.41, 5.74) is 10.3. The van der Waals surface area contributed by atoms with Gasteiger partial charge in [-0.2, -0.15) is 0 Å². The Kier molecular flexibility index (Phi) is 3.49. The first-order valence-electron chi connectivity index (χ1n) is 6.38. The molecule has 0 spiro atoms. The number of fused-ring (bicyclic) bond motifs is 1. The van der Waals surface area contributed by atoms with Gasteiger partial charge in [0, 0.05) is 18.8 Å². The highest BCUT2D eigenvalue weighted by Gasteiger charge is 2.24. The van der Waals surface area contributed by atoms with Crippen molar-refractivity contribution in [3.8, 4) is 0 Å². The average molecular weight is 218 g/mol. The molecule has 2 nitrogen and oxygen atoms in total. The van der Waals surface area contributed by atoms with Gasteiger partial charge >= 0.3 is 0 Å². The van der Waals surface area contributed by atoms with Crippen LogP contribution >= 0.6 is 0 Å². The summed E-state index contributed by atoms with van der Waals surface area (Å²) in [6, 6.07) is 6.69. The van der Waals surface area contributed by atoms with Crippen molar-refractivity contribution in [1.29, 1.82) is 0 Å². The molecule has 0 aliphatic heterocycles. The Hall–Kier alpha value is -1.02. The van der Waals surface area contributed by atoms with Gasteiger partial charge in [0.25, 0.3) is 0 Å². The van der Waals surface area contributed by atoms with Crippen molar-refractivity contribution in [2.45, 2.75) is 32.6 Å². The molecule has 0 aromatic heterocycles. The van der Waals surface area contributed by atoms with Gasteiger partial charge in [-0.15, -0.1) is 0 Å². The molecule has 0 saturated heterocycles. The van der Waals surface area contributed by atoms with Gasteiger partial charge in [0.2, 0.25) is 0 Å². The highest BCUT2D eigenvalue weighted by molar-refractivity contribution is 5.59. The summed E-state index contributed by atoms with van der Waals surface area (Å²) >= 11 is 0. The molecule has 16 heavy (non-hydrogen) atoms. The lowest BCUT2D eigenvalue weighted by molar-refractivity contribution is 0.688. The van der Waals surface area contributed by atoms with Gasteiger partial charge in [-0.05, 0) is 56.3 Å². The highest BCUT2D eigenvalue weighted by Crippen LogP contribution is 2.37. The van der Waals surface area contributed by atoms with Gasteiger partial charge in [0.15, 0.2) is 0 Å². The van der Waals surface area contributed by atoms with Crippen LogP contribution in [0.15, 0.2) is 18.2 Å². The summed E-state index contributed by atoms with van der Waals surface area (Å²) in [6.45, 7) is 7.39. The predicted molar refractivity (Wildman–Crippen MR) is 70.1 cm³/mol. The second kappa shape index (κ2) is 4.88. The van der Waals surface area contributed by atoms with E-state index in [0.29, 0.717) is 5.92 Å². The topological polar surface area (TPSA) is 29.3 Å². The molecule has 1 atom stereocenters. The average Bonchev–Trinajstić information content (AvgIpc) is 2.74. The van der Waals surface area contributed by atoms with Crippen LogP contribution in [-0.2, 0) is 6.42 Å². The fourth-order valence-corrected chi connectivity index (χ4v) is 2.83. The molecule has 0 saturated carbocycles. The fourth-order valence-electron chi connectivity index (χ4n) is 2.83. The van der Waals surface area contributed by atoms with Crippen LogP contribution in [0.4, 0.5) is 5.69 Å². The summed E-state index contributed by atoms with van der Waals surface area (Å²) in [4.78, 5) is 2.44. The third-order valence-corrected chi connectivity index (χ3v) is 3.76. The van der Waals surface area contributed by atoms with Gasteiger partial charge < -0.3 is 10.6 Å². The van der Waals surface area contributed by atoms with Gasteiger partial charge in [-0.25, -0.2) is 0 Å². The van der Waals surface area contributed by atoms with Crippen molar-refractivity contribution in [2.24, 2.45) is 5.73 Å². The highest BCUT2D eigenvalue weighted by atomic mass is 15.1. The molecule has 0 radical (unpaired) electrons. The van der Waals surface area contributed by atoms with Gasteiger partial charge in [0.05, 0.1) is 0 Å². The van der Waals surface area contributed by atoms with Crippen LogP contribution in [0.1, 0.15) is 37.3 Å². The first-order chi connectivity index (χ1) is 7.81. The second-order valence-corrected chi connectivity index (χ2v) is 4.49. The third kappa shape index (κ3) is 1.82. The van der Waals surface area contributed by atoms with Crippen LogP contribution in [0, 0.1) is 0 Å². The minimum absolute atomic E-state index is 0.588. The molecular formula is C14H22N2. The van der Waals surface area contributed by atoms with E-state index in [-0.39, 0.29) is 0 Å². The van der Waals surface area contributed by atoms with Crippen molar-refractivity contribution in [3.05, 3.63) is 29.3 Å². The largest absolute Gasteiger partial charge is 0.372 e. The summed E-state index contributed by atoms with van der Waals surface area (Å²) in [5.74, 6) is 0.588. The monoisotopic (exact) mass is 218 g/mol. The number of nitrogens with two attached hydrogens (primary N) is 1. The molecule has 1 aliphatic carbocycles. The maximum Gasteiger partial charge on any atom is 0.0401 e. The van der Waals surface area contributed by atoms with Crippen molar-refractivity contribution in [1.82, 2.24) is 0 Å². The zero-order valence-electron chi connectivity index (χ0n) is 10.4. The van der Waals surface area contributed by atoms with E-state index < -0.39 is 0 Å². The SMILES string of the molecule is CCN(CC)c1cccc2c1CCC2CN. The Balaban J connectivity index is 2.38. The second-order valence-electron chi connectivity index (χ2n) is 4.49. The zero-order valence-corrected chi connectivity index (χ0v) is 10.4. The molecule has 1 aromatic rings. The quantitative estimate of drug-likeness (QED) is 0.841. The van der Waals surface area contributed by atoms with Crippen LogP contribution in [0.3, 0.4) is 0 Å². The van der Waals surface area contributed by atoms with Crippen molar-refractivity contribution in [2.75, 3.05) is 24.5 Å². The Labute approximate surface area is 98.4 Å². The van der Waals surface area contributed by atoms with E-state index >= 15 is 0 Å². The summed E-state index contributed by atoms with van der Waals surface area (Å²) < 4.78 is 0. The molecule has 1 aliphatic rings. The van der Waals surface area contributed by atoms with E-state index in [1.807, 2.05) is 0 Å². The Bertz CT molecular complexity index is 356. The maximum atomic E-state index is 5.83. The molecule has 0 amide bonds. The van der Waals surface area contributed by atoms with E-state index in [0.717, 1.165) is 19.6 Å². The summed E-state index contributed by atoms with van der Waals surface area (Å²) in [5, 5.41) is 0. The first-order valence-corrected chi connectivity index (χ1v) is 6.38. The minimum atomic E-state index is 0.588. The Morgan fingerprint density at radius 1 is 1.31 bits per heavy atom. The zero-order chi connectivity index (χ0) is 11.5. The summed E-state index contributed by atoms with van der Waals surface area (Å²) in [7, 11) is 0. The van der Waals surface area contributed by atoms with E-state index in [9.17, 15) is 0 Å². The smallest absolute Gasteiger partial charge is 0.0401 e. The molecule has 2 rings (SSSR count).